The average Bonchev–Trinajstić information content (AvgIpc) is 2.79. The van der Waals surface area contributed by atoms with Crippen LogP contribution >= 0.6 is 0 Å². The number of hydrogen-bond acceptors (Lipinski definition) is 3. The summed E-state index contributed by atoms with van der Waals surface area (Å²) in [6.07, 6.45) is 0. The minimum atomic E-state index is 0.567. The molecular formula is C25H19N3. The molecule has 0 amide bonds. The van der Waals surface area contributed by atoms with Crippen molar-refractivity contribution >= 4 is 11.4 Å². The Balaban J connectivity index is 1.97. The SMILES string of the molecule is CN(c1ccccc1)c1cc(-c2ccccc2)nc(-c2ccccc2)c1C#N. The van der Waals surface area contributed by atoms with E-state index >= 15 is 0 Å². The molecule has 0 aliphatic rings. The molecule has 0 atom stereocenters. The molecule has 0 radical (unpaired) electrons. The number of aromatic nitrogens is 1. The van der Waals surface area contributed by atoms with Crippen LogP contribution in [0.1, 0.15) is 5.56 Å². The van der Waals surface area contributed by atoms with Crippen molar-refractivity contribution in [1.82, 2.24) is 4.98 Å². The Hall–Kier alpha value is -3.90. The van der Waals surface area contributed by atoms with Gasteiger partial charge in [-0.2, -0.15) is 5.26 Å². The zero-order chi connectivity index (χ0) is 19.3. The van der Waals surface area contributed by atoms with Crippen molar-refractivity contribution in [3.8, 4) is 28.6 Å². The first-order valence-electron chi connectivity index (χ1n) is 9.12. The van der Waals surface area contributed by atoms with Gasteiger partial charge in [0.2, 0.25) is 0 Å². The first-order chi connectivity index (χ1) is 13.8. The predicted molar refractivity (Wildman–Crippen MR) is 114 cm³/mol. The first kappa shape index (κ1) is 17.5. The molecule has 0 saturated carbocycles. The van der Waals surface area contributed by atoms with Crippen LogP contribution in [0, 0.1) is 11.3 Å². The lowest BCUT2D eigenvalue weighted by molar-refractivity contribution is 1.18. The summed E-state index contributed by atoms with van der Waals surface area (Å²) in [6, 6.07) is 34.4. The van der Waals surface area contributed by atoms with Gasteiger partial charge < -0.3 is 4.90 Å². The Morgan fingerprint density at radius 2 is 1.29 bits per heavy atom. The van der Waals surface area contributed by atoms with Gasteiger partial charge in [0, 0.05) is 23.9 Å². The quantitative estimate of drug-likeness (QED) is 0.444. The van der Waals surface area contributed by atoms with Crippen LogP contribution in [0.4, 0.5) is 11.4 Å². The van der Waals surface area contributed by atoms with Gasteiger partial charge in [-0.05, 0) is 18.2 Å². The van der Waals surface area contributed by atoms with Crippen LogP contribution in [-0.2, 0) is 0 Å². The highest BCUT2D eigenvalue weighted by Crippen LogP contribution is 2.35. The first-order valence-corrected chi connectivity index (χ1v) is 9.12. The molecule has 3 nitrogen and oxygen atoms in total. The number of hydrogen-bond donors (Lipinski definition) is 0. The molecule has 0 spiro atoms. The van der Waals surface area contributed by atoms with E-state index in [2.05, 4.69) is 6.07 Å². The highest BCUT2D eigenvalue weighted by molar-refractivity contribution is 5.82. The van der Waals surface area contributed by atoms with Crippen molar-refractivity contribution in [2.24, 2.45) is 0 Å². The standard InChI is InChI=1S/C25H19N3/c1-28(21-15-9-4-10-16-21)24-17-23(19-11-5-2-6-12-19)27-25(22(24)18-26)20-13-7-3-8-14-20/h2-17H,1H3. The van der Waals surface area contributed by atoms with Gasteiger partial charge in [0.1, 0.15) is 11.6 Å². The van der Waals surface area contributed by atoms with E-state index < -0.39 is 0 Å². The second-order valence-electron chi connectivity index (χ2n) is 6.49. The van der Waals surface area contributed by atoms with Gasteiger partial charge in [0.25, 0.3) is 0 Å². The minimum absolute atomic E-state index is 0.567. The molecule has 3 aromatic carbocycles. The van der Waals surface area contributed by atoms with Gasteiger partial charge in [-0.15, -0.1) is 0 Å². The largest absolute Gasteiger partial charge is 0.343 e. The topological polar surface area (TPSA) is 39.9 Å². The number of benzene rings is 3. The van der Waals surface area contributed by atoms with Crippen molar-refractivity contribution in [3.63, 3.8) is 0 Å². The number of pyridine rings is 1. The zero-order valence-corrected chi connectivity index (χ0v) is 15.6. The summed E-state index contributed by atoms with van der Waals surface area (Å²) in [4.78, 5) is 6.91. The summed E-state index contributed by atoms with van der Waals surface area (Å²) in [6.45, 7) is 0. The highest BCUT2D eigenvalue weighted by atomic mass is 15.1. The summed E-state index contributed by atoms with van der Waals surface area (Å²) < 4.78 is 0. The molecule has 0 aliphatic carbocycles. The lowest BCUT2D eigenvalue weighted by atomic mass is 10.0. The summed E-state index contributed by atoms with van der Waals surface area (Å²) in [7, 11) is 1.98. The van der Waals surface area contributed by atoms with Gasteiger partial charge in [-0.25, -0.2) is 4.98 Å². The minimum Gasteiger partial charge on any atom is -0.343 e. The van der Waals surface area contributed by atoms with E-state index in [4.69, 9.17) is 4.98 Å². The maximum Gasteiger partial charge on any atom is 0.104 e. The number of para-hydroxylation sites is 1. The molecule has 28 heavy (non-hydrogen) atoms. The van der Waals surface area contributed by atoms with E-state index in [9.17, 15) is 5.26 Å². The predicted octanol–water partition coefficient (Wildman–Crippen LogP) is 6.06. The molecule has 134 valence electrons. The second-order valence-corrected chi connectivity index (χ2v) is 6.49. The third-order valence-electron chi connectivity index (χ3n) is 4.73. The van der Waals surface area contributed by atoms with Crippen molar-refractivity contribution < 1.29 is 0 Å². The van der Waals surface area contributed by atoms with Gasteiger partial charge in [0.05, 0.1) is 17.1 Å². The van der Waals surface area contributed by atoms with E-state index in [-0.39, 0.29) is 0 Å². The highest BCUT2D eigenvalue weighted by Gasteiger charge is 2.18. The maximum absolute atomic E-state index is 10.0. The van der Waals surface area contributed by atoms with Crippen LogP contribution in [0.3, 0.4) is 0 Å². The zero-order valence-electron chi connectivity index (χ0n) is 15.6. The molecule has 0 N–H and O–H groups in total. The lowest BCUT2D eigenvalue weighted by Gasteiger charge is -2.23. The van der Waals surface area contributed by atoms with Crippen LogP contribution in [0.25, 0.3) is 22.5 Å². The van der Waals surface area contributed by atoms with Crippen LogP contribution in [0.2, 0.25) is 0 Å². The van der Waals surface area contributed by atoms with E-state index in [1.54, 1.807) is 0 Å². The Morgan fingerprint density at radius 1 is 0.750 bits per heavy atom. The van der Waals surface area contributed by atoms with Crippen LogP contribution in [0.15, 0.2) is 97.1 Å². The molecule has 3 heteroatoms. The fourth-order valence-corrected chi connectivity index (χ4v) is 3.26. The Bertz CT molecular complexity index is 1120. The third-order valence-corrected chi connectivity index (χ3v) is 4.73. The molecule has 4 rings (SSSR count). The Labute approximate surface area is 165 Å². The van der Waals surface area contributed by atoms with Crippen molar-refractivity contribution in [3.05, 3.63) is 103 Å². The smallest absolute Gasteiger partial charge is 0.104 e. The number of nitrogens with zero attached hydrogens (tertiary/aromatic N) is 3. The summed E-state index contributed by atoms with van der Waals surface area (Å²) in [5.41, 5.74) is 5.91. The maximum atomic E-state index is 10.0. The van der Waals surface area contributed by atoms with Gasteiger partial charge in [-0.1, -0.05) is 78.9 Å². The monoisotopic (exact) mass is 361 g/mol. The molecule has 0 bridgehead atoms. The fourth-order valence-electron chi connectivity index (χ4n) is 3.26. The molecule has 0 unspecified atom stereocenters. The van der Waals surface area contributed by atoms with Gasteiger partial charge >= 0.3 is 0 Å². The van der Waals surface area contributed by atoms with E-state index in [1.807, 2.05) is 109 Å². The van der Waals surface area contributed by atoms with Crippen molar-refractivity contribution in [1.29, 1.82) is 5.26 Å². The van der Waals surface area contributed by atoms with E-state index in [1.165, 1.54) is 0 Å². The fraction of sp³-hybridized carbons (Fsp3) is 0.0400. The molecule has 0 aliphatic heterocycles. The summed E-state index contributed by atoms with van der Waals surface area (Å²) in [5.74, 6) is 0. The normalized spacial score (nSPS) is 10.3. The van der Waals surface area contributed by atoms with E-state index in [0.717, 1.165) is 28.2 Å². The van der Waals surface area contributed by atoms with E-state index in [0.29, 0.717) is 11.3 Å². The molecule has 0 fully saturated rings. The van der Waals surface area contributed by atoms with Crippen LogP contribution in [-0.4, -0.2) is 12.0 Å². The Morgan fingerprint density at radius 3 is 1.86 bits per heavy atom. The third kappa shape index (κ3) is 3.36. The number of anilines is 2. The summed E-state index contributed by atoms with van der Waals surface area (Å²) >= 11 is 0. The van der Waals surface area contributed by atoms with Crippen LogP contribution in [0.5, 0.6) is 0 Å². The van der Waals surface area contributed by atoms with Gasteiger partial charge in [-0.3, -0.25) is 0 Å². The van der Waals surface area contributed by atoms with Gasteiger partial charge in [0.15, 0.2) is 0 Å². The number of nitriles is 1. The molecule has 0 saturated heterocycles. The second kappa shape index (κ2) is 7.77. The van der Waals surface area contributed by atoms with Crippen LogP contribution < -0.4 is 4.90 Å². The molecule has 1 heterocycles. The van der Waals surface area contributed by atoms with Crippen molar-refractivity contribution in [2.45, 2.75) is 0 Å². The summed E-state index contributed by atoms with van der Waals surface area (Å²) in [5, 5.41) is 10.0. The molecule has 4 aromatic rings. The van der Waals surface area contributed by atoms with Crippen molar-refractivity contribution in [2.75, 3.05) is 11.9 Å². The molecular weight excluding hydrogens is 342 g/mol. The average molecular weight is 361 g/mol. The lowest BCUT2D eigenvalue weighted by Crippen LogP contribution is -2.12. The number of rotatable bonds is 4. The molecule has 1 aromatic heterocycles. The Kier molecular flexibility index (Phi) is 4.86.